The summed E-state index contributed by atoms with van der Waals surface area (Å²) in [6, 6.07) is 9.23. The molecule has 1 aliphatic rings. The molecule has 2 aromatic heterocycles. The average Bonchev–Trinajstić information content (AvgIpc) is 3.20. The summed E-state index contributed by atoms with van der Waals surface area (Å²) in [5.41, 5.74) is 3.84. The quantitative estimate of drug-likeness (QED) is 0.760. The Hall–Kier alpha value is -3.35. The van der Waals surface area contributed by atoms with E-state index in [-0.39, 0.29) is 11.8 Å². The predicted molar refractivity (Wildman–Crippen MR) is 91.7 cm³/mol. The summed E-state index contributed by atoms with van der Waals surface area (Å²) in [6.07, 6.45) is 3.67. The summed E-state index contributed by atoms with van der Waals surface area (Å²) >= 11 is 0. The van der Waals surface area contributed by atoms with Crippen LogP contribution in [0.4, 0.5) is 5.69 Å². The molecule has 0 unspecified atom stereocenters. The van der Waals surface area contributed by atoms with Gasteiger partial charge in [-0.25, -0.2) is 4.98 Å². The van der Waals surface area contributed by atoms with Crippen molar-refractivity contribution >= 4 is 23.1 Å². The van der Waals surface area contributed by atoms with E-state index >= 15 is 0 Å². The van der Waals surface area contributed by atoms with Crippen LogP contribution in [0.2, 0.25) is 0 Å². The van der Waals surface area contributed by atoms with Crippen LogP contribution in [0.1, 0.15) is 21.6 Å². The molecule has 0 saturated carbocycles. The number of carbonyl (C=O) groups excluding carboxylic acids is 2. The van der Waals surface area contributed by atoms with E-state index in [0.717, 1.165) is 16.8 Å². The van der Waals surface area contributed by atoms with Gasteiger partial charge in [0.2, 0.25) is 5.91 Å². The highest BCUT2D eigenvalue weighted by atomic mass is 16.5. The Morgan fingerprint density at radius 2 is 2.24 bits per heavy atom. The molecule has 3 heterocycles. The Balaban J connectivity index is 1.49. The first-order valence-corrected chi connectivity index (χ1v) is 7.85. The van der Waals surface area contributed by atoms with Gasteiger partial charge in [-0.15, -0.1) is 0 Å². The molecule has 3 aromatic rings. The van der Waals surface area contributed by atoms with Crippen molar-refractivity contribution in [2.45, 2.75) is 13.0 Å². The highest BCUT2D eigenvalue weighted by Gasteiger charge is 2.18. The number of fused-ring (bicyclic) bond motifs is 2. The summed E-state index contributed by atoms with van der Waals surface area (Å²) in [7, 11) is 1.59. The van der Waals surface area contributed by atoms with Gasteiger partial charge in [0, 0.05) is 24.5 Å². The van der Waals surface area contributed by atoms with Gasteiger partial charge >= 0.3 is 0 Å². The largest absolute Gasteiger partial charge is 0.497 e. The average molecular weight is 336 g/mol. The van der Waals surface area contributed by atoms with E-state index in [9.17, 15) is 9.59 Å². The number of aromatic nitrogens is 2. The predicted octanol–water partition coefficient (Wildman–Crippen LogP) is 1.77. The zero-order chi connectivity index (χ0) is 17.4. The van der Waals surface area contributed by atoms with E-state index < -0.39 is 0 Å². The van der Waals surface area contributed by atoms with Gasteiger partial charge in [0.05, 0.1) is 19.7 Å². The molecule has 1 aromatic carbocycles. The third kappa shape index (κ3) is 2.80. The lowest BCUT2D eigenvalue weighted by molar-refractivity contribution is -0.115. The number of amides is 2. The molecule has 0 atom stereocenters. The van der Waals surface area contributed by atoms with Gasteiger partial charge in [0.25, 0.3) is 5.91 Å². The minimum Gasteiger partial charge on any atom is -0.497 e. The normalized spacial score (nSPS) is 12.8. The monoisotopic (exact) mass is 336 g/mol. The first-order valence-electron chi connectivity index (χ1n) is 7.85. The van der Waals surface area contributed by atoms with Crippen molar-refractivity contribution in [1.82, 2.24) is 14.7 Å². The van der Waals surface area contributed by atoms with Crippen molar-refractivity contribution in [3.63, 3.8) is 0 Å². The molecule has 0 aliphatic carbocycles. The topological polar surface area (TPSA) is 84.7 Å². The number of methoxy groups -OCH3 is 1. The van der Waals surface area contributed by atoms with E-state index in [2.05, 4.69) is 15.6 Å². The molecule has 7 nitrogen and oxygen atoms in total. The van der Waals surface area contributed by atoms with Gasteiger partial charge in [-0.2, -0.15) is 0 Å². The molecular weight excluding hydrogens is 320 g/mol. The molecule has 0 bridgehead atoms. The maximum absolute atomic E-state index is 12.5. The summed E-state index contributed by atoms with van der Waals surface area (Å²) in [4.78, 5) is 28.1. The Morgan fingerprint density at radius 1 is 1.36 bits per heavy atom. The van der Waals surface area contributed by atoms with Crippen LogP contribution >= 0.6 is 0 Å². The Labute approximate surface area is 143 Å². The number of nitrogens with one attached hydrogen (secondary N) is 2. The second-order valence-corrected chi connectivity index (χ2v) is 5.84. The molecule has 0 spiro atoms. The number of nitrogens with zero attached hydrogens (tertiary/aromatic N) is 2. The number of hydrogen-bond acceptors (Lipinski definition) is 4. The summed E-state index contributed by atoms with van der Waals surface area (Å²) in [5, 5.41) is 5.68. The first kappa shape index (κ1) is 15.2. The lowest BCUT2D eigenvalue weighted by Crippen LogP contribution is -2.24. The van der Waals surface area contributed by atoms with Crippen molar-refractivity contribution in [2.75, 3.05) is 12.4 Å². The maximum Gasteiger partial charge on any atom is 0.270 e. The minimum atomic E-state index is -0.215. The summed E-state index contributed by atoms with van der Waals surface area (Å²) in [6.45, 7) is 0.379. The molecule has 0 saturated heterocycles. The van der Waals surface area contributed by atoms with E-state index in [1.807, 2.05) is 18.2 Å². The molecule has 0 fully saturated rings. The van der Waals surface area contributed by atoms with E-state index in [0.29, 0.717) is 30.1 Å². The van der Waals surface area contributed by atoms with Crippen LogP contribution in [0.5, 0.6) is 5.75 Å². The zero-order valence-corrected chi connectivity index (χ0v) is 13.6. The van der Waals surface area contributed by atoms with Crippen LogP contribution in [0, 0.1) is 0 Å². The molecule has 7 heteroatoms. The highest BCUT2D eigenvalue weighted by Crippen LogP contribution is 2.23. The Morgan fingerprint density at radius 3 is 3.08 bits per heavy atom. The van der Waals surface area contributed by atoms with Crippen molar-refractivity contribution in [3.05, 3.63) is 59.5 Å². The van der Waals surface area contributed by atoms with Crippen LogP contribution in [0.15, 0.2) is 42.7 Å². The molecule has 2 amide bonds. The number of rotatable bonds is 4. The third-order valence-corrected chi connectivity index (χ3v) is 4.20. The zero-order valence-electron chi connectivity index (χ0n) is 13.6. The maximum atomic E-state index is 12.5. The summed E-state index contributed by atoms with van der Waals surface area (Å²) in [5.74, 6) is 0.469. The smallest absolute Gasteiger partial charge is 0.270 e. The van der Waals surface area contributed by atoms with E-state index in [1.165, 1.54) is 6.20 Å². The summed E-state index contributed by atoms with van der Waals surface area (Å²) < 4.78 is 6.87. The molecule has 4 rings (SSSR count). The Bertz CT molecular complexity index is 993. The second kappa shape index (κ2) is 5.94. The van der Waals surface area contributed by atoms with Gasteiger partial charge in [0.1, 0.15) is 17.1 Å². The first-order chi connectivity index (χ1) is 12.1. The number of hydrogen-bond donors (Lipinski definition) is 2. The lowest BCUT2D eigenvalue weighted by atomic mass is 10.1. The number of benzene rings is 1. The fourth-order valence-corrected chi connectivity index (χ4v) is 2.92. The fourth-order valence-electron chi connectivity index (χ4n) is 2.92. The van der Waals surface area contributed by atoms with Gasteiger partial charge in [0.15, 0.2) is 0 Å². The minimum absolute atomic E-state index is 0.00246. The van der Waals surface area contributed by atoms with E-state index in [4.69, 9.17) is 4.74 Å². The molecule has 1 aliphatic heterocycles. The molecular formula is C18H16N4O3. The van der Waals surface area contributed by atoms with Crippen LogP contribution in [0.3, 0.4) is 0 Å². The standard InChI is InChI=1S/C18H16N4O3/c1-25-13-4-5-22-15(10-19-16(22)8-13)18(24)20-9-11-2-3-14-12(6-11)7-17(23)21-14/h2-6,8,10H,7,9H2,1H3,(H,20,24)(H,21,23). The highest BCUT2D eigenvalue weighted by molar-refractivity contribution is 5.99. The van der Waals surface area contributed by atoms with Gasteiger partial charge in [-0.1, -0.05) is 12.1 Å². The number of ether oxygens (including phenoxy) is 1. The fraction of sp³-hybridized carbons (Fsp3) is 0.167. The second-order valence-electron chi connectivity index (χ2n) is 5.84. The number of imidazole rings is 1. The molecule has 0 radical (unpaired) electrons. The van der Waals surface area contributed by atoms with Crippen molar-refractivity contribution < 1.29 is 14.3 Å². The Kier molecular flexibility index (Phi) is 3.61. The lowest BCUT2D eigenvalue weighted by Gasteiger charge is -2.07. The number of anilines is 1. The third-order valence-electron chi connectivity index (χ3n) is 4.20. The SMILES string of the molecule is COc1ccn2c(C(=O)NCc3ccc4c(c3)CC(=O)N4)cnc2c1. The van der Waals surface area contributed by atoms with E-state index in [1.54, 1.807) is 29.8 Å². The van der Waals surface area contributed by atoms with Crippen LogP contribution < -0.4 is 15.4 Å². The van der Waals surface area contributed by atoms with Gasteiger partial charge in [-0.3, -0.25) is 14.0 Å². The van der Waals surface area contributed by atoms with Crippen molar-refractivity contribution in [3.8, 4) is 5.75 Å². The number of pyridine rings is 1. The van der Waals surface area contributed by atoms with Crippen LogP contribution in [0.25, 0.3) is 5.65 Å². The van der Waals surface area contributed by atoms with Crippen LogP contribution in [-0.2, 0) is 17.8 Å². The number of carbonyl (C=O) groups is 2. The molecule has 2 N–H and O–H groups in total. The van der Waals surface area contributed by atoms with Gasteiger partial charge < -0.3 is 15.4 Å². The molecule has 25 heavy (non-hydrogen) atoms. The van der Waals surface area contributed by atoms with Gasteiger partial charge in [-0.05, 0) is 23.3 Å². The molecule has 126 valence electrons. The van der Waals surface area contributed by atoms with Crippen LogP contribution in [-0.4, -0.2) is 28.3 Å². The van der Waals surface area contributed by atoms with Crippen molar-refractivity contribution in [1.29, 1.82) is 0 Å². The van der Waals surface area contributed by atoms with Crippen molar-refractivity contribution in [2.24, 2.45) is 0 Å².